The van der Waals surface area contributed by atoms with Crippen molar-refractivity contribution in [3.05, 3.63) is 69.2 Å². The number of likely N-dealkylation sites (tertiary alicyclic amines) is 1. The number of nitrogens with one attached hydrogen (secondary N) is 1. The maximum Gasteiger partial charge on any atom is 0.309 e. The highest BCUT2D eigenvalue weighted by Crippen LogP contribution is 2.24. The Bertz CT molecular complexity index is 1020. The molecule has 0 bridgehead atoms. The van der Waals surface area contributed by atoms with Crippen molar-refractivity contribution in [3.63, 3.8) is 0 Å². The molecule has 10 heteroatoms. The molecule has 1 heterocycles. The maximum atomic E-state index is 12.6. The highest BCUT2D eigenvalue weighted by molar-refractivity contribution is 6.30. The van der Waals surface area contributed by atoms with E-state index in [1.807, 2.05) is 0 Å². The van der Waals surface area contributed by atoms with E-state index in [1.54, 1.807) is 35.2 Å². The van der Waals surface area contributed by atoms with Gasteiger partial charge < -0.3 is 15.0 Å². The summed E-state index contributed by atoms with van der Waals surface area (Å²) in [6.45, 7) is 2.18. The zero-order chi connectivity index (χ0) is 23.3. The second-order valence-corrected chi connectivity index (χ2v) is 7.85. The summed E-state index contributed by atoms with van der Waals surface area (Å²) in [5, 5.41) is 14.0. The second-order valence-electron chi connectivity index (χ2n) is 7.42. The molecule has 1 aliphatic heterocycles. The van der Waals surface area contributed by atoms with Crippen LogP contribution in [0.15, 0.2) is 48.5 Å². The van der Waals surface area contributed by atoms with E-state index >= 15 is 0 Å². The van der Waals surface area contributed by atoms with Gasteiger partial charge in [0, 0.05) is 29.7 Å². The summed E-state index contributed by atoms with van der Waals surface area (Å²) in [4.78, 5) is 49.6. The van der Waals surface area contributed by atoms with Gasteiger partial charge in [0.25, 0.3) is 17.5 Å². The predicted octanol–water partition coefficient (Wildman–Crippen LogP) is 3.67. The van der Waals surface area contributed by atoms with Gasteiger partial charge in [0.15, 0.2) is 6.10 Å². The van der Waals surface area contributed by atoms with Crippen LogP contribution in [0.4, 0.5) is 11.4 Å². The number of nitrogens with zero attached hydrogens (tertiary/aromatic N) is 2. The Morgan fingerprint density at radius 1 is 1.12 bits per heavy atom. The van der Waals surface area contributed by atoms with Crippen molar-refractivity contribution in [1.29, 1.82) is 0 Å². The van der Waals surface area contributed by atoms with Crippen LogP contribution < -0.4 is 5.32 Å². The first-order chi connectivity index (χ1) is 15.3. The van der Waals surface area contributed by atoms with Crippen LogP contribution in [0, 0.1) is 16.0 Å². The molecule has 32 heavy (non-hydrogen) atoms. The van der Waals surface area contributed by atoms with Gasteiger partial charge in [-0.05, 0) is 50.1 Å². The van der Waals surface area contributed by atoms with E-state index in [4.69, 9.17) is 16.3 Å². The van der Waals surface area contributed by atoms with E-state index in [1.165, 1.54) is 25.1 Å². The number of nitro groups is 1. The number of esters is 1. The molecule has 0 spiro atoms. The Labute approximate surface area is 189 Å². The molecule has 9 nitrogen and oxygen atoms in total. The van der Waals surface area contributed by atoms with Crippen molar-refractivity contribution in [1.82, 2.24) is 4.90 Å². The average Bonchev–Trinajstić information content (AvgIpc) is 2.79. The minimum Gasteiger partial charge on any atom is -0.452 e. The molecule has 0 aliphatic carbocycles. The van der Waals surface area contributed by atoms with E-state index in [2.05, 4.69) is 5.32 Å². The van der Waals surface area contributed by atoms with Crippen molar-refractivity contribution in [2.45, 2.75) is 25.9 Å². The summed E-state index contributed by atoms with van der Waals surface area (Å²) in [5.41, 5.74) is 0.298. The fourth-order valence-electron chi connectivity index (χ4n) is 3.39. The minimum atomic E-state index is -1.13. The van der Waals surface area contributed by atoms with Gasteiger partial charge in [-0.1, -0.05) is 23.7 Å². The molecule has 0 saturated carbocycles. The molecular weight excluding hydrogens is 438 g/mol. The van der Waals surface area contributed by atoms with Crippen molar-refractivity contribution < 1.29 is 24.0 Å². The zero-order valence-corrected chi connectivity index (χ0v) is 18.1. The first kappa shape index (κ1) is 23.2. The summed E-state index contributed by atoms with van der Waals surface area (Å²) >= 11 is 5.85. The summed E-state index contributed by atoms with van der Waals surface area (Å²) < 4.78 is 5.28. The second kappa shape index (κ2) is 10.2. The first-order valence-corrected chi connectivity index (χ1v) is 10.4. The van der Waals surface area contributed by atoms with Gasteiger partial charge in [-0.25, -0.2) is 0 Å². The van der Waals surface area contributed by atoms with Gasteiger partial charge in [0.1, 0.15) is 5.69 Å². The van der Waals surface area contributed by atoms with Gasteiger partial charge in [-0.15, -0.1) is 0 Å². The van der Waals surface area contributed by atoms with Crippen LogP contribution in [-0.2, 0) is 14.3 Å². The normalized spacial score (nSPS) is 15.0. The number of rotatable bonds is 6. The van der Waals surface area contributed by atoms with Crippen molar-refractivity contribution in [2.75, 3.05) is 18.4 Å². The van der Waals surface area contributed by atoms with E-state index in [9.17, 15) is 24.5 Å². The Morgan fingerprint density at radius 3 is 2.38 bits per heavy atom. The van der Waals surface area contributed by atoms with Gasteiger partial charge in [-0.3, -0.25) is 24.5 Å². The van der Waals surface area contributed by atoms with Crippen molar-refractivity contribution >= 4 is 40.8 Å². The van der Waals surface area contributed by atoms with Crippen LogP contribution >= 0.6 is 11.6 Å². The molecule has 0 aromatic heterocycles. The monoisotopic (exact) mass is 459 g/mol. The predicted molar refractivity (Wildman–Crippen MR) is 117 cm³/mol. The molecule has 2 amide bonds. The number of ether oxygens (including phenoxy) is 1. The molecule has 168 valence electrons. The van der Waals surface area contributed by atoms with Crippen molar-refractivity contribution in [3.8, 4) is 0 Å². The Balaban J connectivity index is 1.51. The van der Waals surface area contributed by atoms with Crippen LogP contribution in [0.5, 0.6) is 0 Å². The number of hydrogen-bond acceptors (Lipinski definition) is 6. The Kier molecular flexibility index (Phi) is 7.42. The van der Waals surface area contributed by atoms with E-state index < -0.39 is 28.8 Å². The maximum absolute atomic E-state index is 12.6. The van der Waals surface area contributed by atoms with Crippen LogP contribution in [0.3, 0.4) is 0 Å². The number of para-hydroxylation sites is 2. The van der Waals surface area contributed by atoms with Crippen molar-refractivity contribution in [2.24, 2.45) is 5.92 Å². The first-order valence-electron chi connectivity index (χ1n) is 10.1. The van der Waals surface area contributed by atoms with Gasteiger partial charge in [0.2, 0.25) is 0 Å². The minimum absolute atomic E-state index is 0.0272. The lowest BCUT2D eigenvalue weighted by molar-refractivity contribution is -0.383. The lowest BCUT2D eigenvalue weighted by Crippen LogP contribution is -2.41. The topological polar surface area (TPSA) is 119 Å². The highest BCUT2D eigenvalue weighted by atomic mass is 35.5. The Hall–Kier alpha value is -3.46. The highest BCUT2D eigenvalue weighted by Gasteiger charge is 2.31. The third-order valence-corrected chi connectivity index (χ3v) is 5.48. The molecule has 1 unspecified atom stereocenters. The molecule has 2 aromatic carbocycles. The molecular formula is C22H22ClN3O6. The SMILES string of the molecule is CC(OC(=O)C1CCN(C(=O)c2ccc(Cl)cc2)CC1)C(=O)Nc1ccccc1[N+](=O)[O-]. The number of carbonyl (C=O) groups excluding carboxylic acids is 3. The molecule has 1 N–H and O–H groups in total. The van der Waals surface area contributed by atoms with Crippen LogP contribution in [0.2, 0.25) is 5.02 Å². The molecule has 1 saturated heterocycles. The molecule has 1 aliphatic rings. The van der Waals surface area contributed by atoms with E-state index in [0.29, 0.717) is 36.5 Å². The zero-order valence-electron chi connectivity index (χ0n) is 17.3. The molecule has 0 radical (unpaired) electrons. The summed E-state index contributed by atoms with van der Waals surface area (Å²) in [7, 11) is 0. The quantitative estimate of drug-likeness (QED) is 0.400. The third kappa shape index (κ3) is 5.61. The number of benzene rings is 2. The standard InChI is InChI=1S/C22H22ClN3O6/c1-14(20(27)24-18-4-2-3-5-19(18)26(30)31)32-22(29)16-10-12-25(13-11-16)21(28)15-6-8-17(23)9-7-15/h2-9,14,16H,10-13H2,1H3,(H,24,27). The number of anilines is 1. The number of piperidine rings is 1. The molecule has 2 aromatic rings. The Morgan fingerprint density at radius 2 is 1.75 bits per heavy atom. The summed E-state index contributed by atoms with van der Waals surface area (Å²) in [6, 6.07) is 12.3. The molecule has 1 fully saturated rings. The fraction of sp³-hybridized carbons (Fsp3) is 0.318. The largest absolute Gasteiger partial charge is 0.452 e. The number of carbonyl (C=O) groups is 3. The van der Waals surface area contributed by atoms with Crippen LogP contribution in [-0.4, -0.2) is 46.8 Å². The summed E-state index contributed by atoms with van der Waals surface area (Å²) in [6.07, 6.45) is -0.302. The fourth-order valence-corrected chi connectivity index (χ4v) is 3.52. The van der Waals surface area contributed by atoms with Gasteiger partial charge >= 0.3 is 5.97 Å². The van der Waals surface area contributed by atoms with E-state index in [-0.39, 0.29) is 17.3 Å². The molecule has 3 rings (SSSR count). The van der Waals surface area contributed by atoms with Gasteiger partial charge in [0.05, 0.1) is 10.8 Å². The van der Waals surface area contributed by atoms with E-state index in [0.717, 1.165) is 0 Å². The number of amides is 2. The molecule has 1 atom stereocenters. The number of nitro benzene ring substituents is 1. The lowest BCUT2D eigenvalue weighted by atomic mass is 9.96. The lowest BCUT2D eigenvalue weighted by Gasteiger charge is -2.31. The number of halogens is 1. The smallest absolute Gasteiger partial charge is 0.309 e. The number of hydrogen-bond donors (Lipinski definition) is 1. The van der Waals surface area contributed by atoms with Crippen LogP contribution in [0.1, 0.15) is 30.1 Å². The third-order valence-electron chi connectivity index (χ3n) is 5.23. The van der Waals surface area contributed by atoms with Gasteiger partial charge in [-0.2, -0.15) is 0 Å². The average molecular weight is 460 g/mol. The summed E-state index contributed by atoms with van der Waals surface area (Å²) in [5.74, 6) is -1.77. The van der Waals surface area contributed by atoms with Crippen LogP contribution in [0.25, 0.3) is 0 Å².